The number of sulfonamides is 1. The van der Waals surface area contributed by atoms with Gasteiger partial charge in [-0.25, -0.2) is 13.2 Å². The van der Waals surface area contributed by atoms with Gasteiger partial charge in [0.2, 0.25) is 28.5 Å². The Hall–Kier alpha value is -3.96. The molecule has 6 rings (SSSR count). The molecule has 278 valence electrons. The maximum atomic E-state index is 13.9. The zero-order valence-corrected chi connectivity index (χ0v) is 30.3. The van der Waals surface area contributed by atoms with Crippen LogP contribution >= 0.6 is 0 Å². The van der Waals surface area contributed by atoms with Crippen molar-refractivity contribution >= 4 is 16.1 Å². The van der Waals surface area contributed by atoms with Crippen molar-refractivity contribution in [1.82, 2.24) is 19.8 Å². The lowest BCUT2D eigenvalue weighted by Gasteiger charge is -2.31. The standard InChI is InChI=1S/C35H46N4O11S/c1-21(2)16-39(51(42,43)24-10-11-28-29(15-24)48-20-47-28)17-27(40)26(36-34(41)49-30-18-46-32-25(30)12-13-44-32)14-22-6-8-23(9-7-22)45-19-31-37-33(50-38-31)35(3,4)5/h6-11,15,21,25-27,30,32,40H,12-14,16-20H2,1-5H3,(H,36,41)/t25-,26+,27-,30+,32?/m1/s1. The highest BCUT2D eigenvalue weighted by atomic mass is 32.2. The van der Waals surface area contributed by atoms with Gasteiger partial charge < -0.3 is 43.4 Å². The van der Waals surface area contributed by atoms with E-state index in [4.69, 9.17) is 32.9 Å². The molecule has 3 aromatic rings. The lowest BCUT2D eigenvalue weighted by atomic mass is 9.97. The van der Waals surface area contributed by atoms with Gasteiger partial charge in [0.1, 0.15) is 11.9 Å². The van der Waals surface area contributed by atoms with Crippen LogP contribution in [0.3, 0.4) is 0 Å². The van der Waals surface area contributed by atoms with E-state index in [0.29, 0.717) is 42.0 Å². The molecular formula is C35H46N4O11S. The second-order valence-electron chi connectivity index (χ2n) is 14.4. The fourth-order valence-corrected chi connectivity index (χ4v) is 7.73. The average Bonchev–Trinajstić information content (AvgIpc) is 3.89. The molecule has 0 spiro atoms. The van der Waals surface area contributed by atoms with E-state index in [0.717, 1.165) is 5.56 Å². The molecule has 1 amide bonds. The normalized spacial score (nSPS) is 21.1. The first-order valence-electron chi connectivity index (χ1n) is 17.1. The quantitative estimate of drug-likeness (QED) is 0.245. The molecule has 5 atom stereocenters. The van der Waals surface area contributed by atoms with Gasteiger partial charge in [0.15, 0.2) is 24.4 Å². The molecule has 15 nitrogen and oxygen atoms in total. The molecule has 0 aliphatic carbocycles. The Bertz CT molecular complexity index is 1760. The first kappa shape index (κ1) is 36.8. The van der Waals surface area contributed by atoms with Crippen LogP contribution in [0.1, 0.15) is 58.3 Å². The number of nitrogens with zero attached hydrogens (tertiary/aromatic N) is 3. The molecule has 2 aromatic carbocycles. The number of alkyl carbamates (subject to hydrolysis) is 1. The van der Waals surface area contributed by atoms with Gasteiger partial charge in [0.25, 0.3) is 0 Å². The van der Waals surface area contributed by atoms with Crippen LogP contribution in [0.4, 0.5) is 4.79 Å². The third kappa shape index (κ3) is 8.92. The van der Waals surface area contributed by atoms with E-state index in [2.05, 4.69) is 15.5 Å². The SMILES string of the molecule is CC(C)CN(C[C@@H](O)[C@H](Cc1ccc(OCc2noc(C(C)(C)C)n2)cc1)NC(=O)O[C@H]1COC2OCC[C@@H]21)S(=O)(=O)c1ccc2c(c1)OCO2. The van der Waals surface area contributed by atoms with Crippen molar-refractivity contribution in [2.24, 2.45) is 11.8 Å². The van der Waals surface area contributed by atoms with Gasteiger partial charge in [-0.05, 0) is 48.6 Å². The average molecular weight is 731 g/mol. The number of nitrogens with one attached hydrogen (secondary N) is 1. The van der Waals surface area contributed by atoms with Gasteiger partial charge >= 0.3 is 6.09 Å². The number of hydrogen-bond acceptors (Lipinski definition) is 13. The Morgan fingerprint density at radius 3 is 2.57 bits per heavy atom. The highest BCUT2D eigenvalue weighted by Crippen LogP contribution is 2.35. The monoisotopic (exact) mass is 730 g/mol. The Labute approximate surface area is 297 Å². The smallest absolute Gasteiger partial charge is 0.407 e. The number of hydrogen-bond donors (Lipinski definition) is 2. The molecule has 16 heteroatoms. The molecule has 0 bridgehead atoms. The van der Waals surface area contributed by atoms with Crippen LogP contribution in [0, 0.1) is 11.8 Å². The number of amides is 1. The lowest BCUT2D eigenvalue weighted by Crippen LogP contribution is -2.51. The van der Waals surface area contributed by atoms with Gasteiger partial charge in [0.05, 0.1) is 36.2 Å². The number of carbonyl (C=O) groups is 1. The summed E-state index contributed by atoms with van der Waals surface area (Å²) in [4.78, 5) is 17.7. The number of ether oxygens (including phenoxy) is 6. The van der Waals surface area contributed by atoms with Crippen molar-refractivity contribution in [1.29, 1.82) is 0 Å². The number of fused-ring (bicyclic) bond motifs is 2. The van der Waals surface area contributed by atoms with Crippen LogP contribution < -0.4 is 19.5 Å². The zero-order chi connectivity index (χ0) is 36.3. The largest absolute Gasteiger partial charge is 0.485 e. The maximum Gasteiger partial charge on any atom is 0.407 e. The predicted octanol–water partition coefficient (Wildman–Crippen LogP) is 3.78. The van der Waals surface area contributed by atoms with Crippen LogP contribution in [0.5, 0.6) is 17.2 Å². The molecule has 3 aliphatic rings. The topological polar surface area (TPSA) is 181 Å². The third-order valence-corrected chi connectivity index (χ3v) is 10.6. The van der Waals surface area contributed by atoms with Gasteiger partial charge in [-0.1, -0.05) is 51.9 Å². The van der Waals surface area contributed by atoms with Crippen molar-refractivity contribution in [2.75, 3.05) is 33.1 Å². The van der Waals surface area contributed by atoms with Gasteiger partial charge in [0, 0.05) is 24.6 Å². The van der Waals surface area contributed by atoms with Crippen LogP contribution in [-0.4, -0.2) is 91.7 Å². The first-order chi connectivity index (χ1) is 24.3. The van der Waals surface area contributed by atoms with Crippen molar-refractivity contribution in [3.63, 3.8) is 0 Å². The summed E-state index contributed by atoms with van der Waals surface area (Å²) in [5.74, 6) is 2.12. The van der Waals surface area contributed by atoms with Gasteiger partial charge in [-0.2, -0.15) is 9.29 Å². The second-order valence-corrected chi connectivity index (χ2v) is 16.4. The Balaban J connectivity index is 1.17. The molecule has 2 N–H and O–H groups in total. The molecule has 1 unspecified atom stereocenters. The molecule has 1 aromatic heterocycles. The number of carbonyl (C=O) groups excluding carboxylic acids is 1. The highest BCUT2D eigenvalue weighted by molar-refractivity contribution is 7.89. The summed E-state index contributed by atoms with van der Waals surface area (Å²) in [6.45, 7) is 10.4. The van der Waals surface area contributed by atoms with E-state index < -0.39 is 40.7 Å². The highest BCUT2D eigenvalue weighted by Gasteiger charge is 2.44. The third-order valence-electron chi connectivity index (χ3n) is 8.81. The summed E-state index contributed by atoms with van der Waals surface area (Å²) in [5.41, 5.74) is 0.470. The Morgan fingerprint density at radius 2 is 1.84 bits per heavy atom. The lowest BCUT2D eigenvalue weighted by molar-refractivity contribution is -0.0907. The van der Waals surface area contributed by atoms with Crippen molar-refractivity contribution in [2.45, 2.75) is 88.9 Å². The van der Waals surface area contributed by atoms with E-state index in [-0.39, 0.29) is 61.7 Å². The Morgan fingerprint density at radius 1 is 1.08 bits per heavy atom. The summed E-state index contributed by atoms with van der Waals surface area (Å²) in [6, 6.07) is 10.6. The van der Waals surface area contributed by atoms with E-state index in [1.165, 1.54) is 16.4 Å². The summed E-state index contributed by atoms with van der Waals surface area (Å²) in [7, 11) is -4.09. The predicted molar refractivity (Wildman–Crippen MR) is 181 cm³/mol. The number of aromatic nitrogens is 2. The molecule has 0 saturated carbocycles. The van der Waals surface area contributed by atoms with Crippen molar-refractivity contribution in [3.05, 3.63) is 59.7 Å². The zero-order valence-electron chi connectivity index (χ0n) is 29.4. The summed E-state index contributed by atoms with van der Waals surface area (Å²) in [5, 5.41) is 18.5. The van der Waals surface area contributed by atoms with E-state index in [9.17, 15) is 18.3 Å². The number of aliphatic hydroxyl groups excluding tert-OH is 1. The fraction of sp³-hybridized carbons (Fsp3) is 0.571. The van der Waals surface area contributed by atoms with E-state index >= 15 is 0 Å². The van der Waals surface area contributed by atoms with Crippen LogP contribution in [0.25, 0.3) is 0 Å². The van der Waals surface area contributed by atoms with Crippen molar-refractivity contribution < 1.29 is 51.3 Å². The van der Waals surface area contributed by atoms with Gasteiger partial charge in [-0.3, -0.25) is 0 Å². The van der Waals surface area contributed by atoms with E-state index in [1.54, 1.807) is 30.3 Å². The van der Waals surface area contributed by atoms with E-state index in [1.807, 2.05) is 34.6 Å². The number of rotatable bonds is 14. The first-order valence-corrected chi connectivity index (χ1v) is 18.5. The Kier molecular flexibility index (Phi) is 11.1. The van der Waals surface area contributed by atoms with Crippen molar-refractivity contribution in [3.8, 4) is 17.2 Å². The summed E-state index contributed by atoms with van der Waals surface area (Å²) >= 11 is 0. The van der Waals surface area contributed by atoms with Crippen LogP contribution in [-0.2, 0) is 42.7 Å². The molecule has 4 heterocycles. The molecule has 0 radical (unpaired) electrons. The van der Waals surface area contributed by atoms with Crippen LogP contribution in [0.15, 0.2) is 51.9 Å². The molecule has 2 saturated heterocycles. The minimum absolute atomic E-state index is 0.00229. The number of benzene rings is 2. The number of aliphatic hydroxyl groups is 1. The molecule has 51 heavy (non-hydrogen) atoms. The minimum atomic E-state index is -4.09. The molecular weight excluding hydrogens is 684 g/mol. The maximum absolute atomic E-state index is 13.9. The minimum Gasteiger partial charge on any atom is -0.485 e. The summed E-state index contributed by atoms with van der Waals surface area (Å²) < 4.78 is 68.0. The molecule has 3 aliphatic heterocycles. The summed E-state index contributed by atoms with van der Waals surface area (Å²) in [6.07, 6.45) is -2.12. The second kappa shape index (κ2) is 15.3. The fourth-order valence-electron chi connectivity index (χ4n) is 6.09. The van der Waals surface area contributed by atoms with Gasteiger partial charge in [-0.15, -0.1) is 0 Å². The van der Waals surface area contributed by atoms with Crippen LogP contribution in [0.2, 0.25) is 0 Å². The molecule has 2 fully saturated rings.